The molecule has 0 aliphatic rings. The molecule has 0 spiro atoms. The topological polar surface area (TPSA) is 114 Å². The summed E-state index contributed by atoms with van der Waals surface area (Å²) in [6.07, 6.45) is 5.31. The summed E-state index contributed by atoms with van der Waals surface area (Å²) >= 11 is 0. The molecule has 0 aliphatic carbocycles. The number of rotatable bonds is 15. The van der Waals surface area contributed by atoms with Crippen LogP contribution in [0.2, 0.25) is 0 Å². The minimum Gasteiger partial charge on any atom is -0.494 e. The number of fused-ring (bicyclic) bond motifs is 2. The van der Waals surface area contributed by atoms with Gasteiger partial charge in [0, 0.05) is 12.5 Å². The maximum absolute atomic E-state index is 13.2. The van der Waals surface area contributed by atoms with Crippen LogP contribution in [0.1, 0.15) is 58.9 Å². The number of aryl methyl sites for hydroxylation is 1. The molecule has 9 heteroatoms. The molecule has 5 aromatic rings. The lowest BCUT2D eigenvalue weighted by atomic mass is 10.0. The van der Waals surface area contributed by atoms with Crippen molar-refractivity contribution in [3.05, 3.63) is 133 Å². The second-order valence-electron chi connectivity index (χ2n) is 11.3. The molecule has 0 atom stereocenters. The molecule has 0 aliphatic heterocycles. The Hall–Kier alpha value is -6.22. The quantitative estimate of drug-likeness (QED) is 0.0354. The van der Waals surface area contributed by atoms with Gasteiger partial charge in [-0.2, -0.15) is 0 Å². The normalized spacial score (nSPS) is 10.7. The van der Waals surface area contributed by atoms with Crippen molar-refractivity contribution in [2.75, 3.05) is 6.61 Å². The third-order valence-corrected chi connectivity index (χ3v) is 7.70. The van der Waals surface area contributed by atoms with E-state index in [4.69, 9.17) is 23.7 Å². The van der Waals surface area contributed by atoms with Crippen molar-refractivity contribution in [3.8, 4) is 23.0 Å². The molecule has 0 radical (unpaired) electrons. The summed E-state index contributed by atoms with van der Waals surface area (Å²) in [7, 11) is 0. The summed E-state index contributed by atoms with van der Waals surface area (Å²) in [4.78, 5) is 49.0. The highest BCUT2D eigenvalue weighted by molar-refractivity contribution is 5.98. The zero-order chi connectivity index (χ0) is 35.5. The number of benzene rings is 5. The Bertz CT molecular complexity index is 2060. The average molecular weight is 673 g/mol. The van der Waals surface area contributed by atoms with E-state index < -0.39 is 17.9 Å². The highest BCUT2D eigenvalue weighted by atomic mass is 16.5. The van der Waals surface area contributed by atoms with E-state index in [1.807, 2.05) is 37.3 Å². The van der Waals surface area contributed by atoms with Crippen molar-refractivity contribution in [2.45, 2.75) is 39.0 Å². The number of esters is 4. The van der Waals surface area contributed by atoms with Crippen LogP contribution < -0.4 is 18.9 Å². The molecule has 9 nitrogen and oxygen atoms in total. The van der Waals surface area contributed by atoms with Crippen LogP contribution in [-0.4, -0.2) is 30.5 Å². The second-order valence-corrected chi connectivity index (χ2v) is 11.3. The maximum Gasteiger partial charge on any atom is 0.343 e. The van der Waals surface area contributed by atoms with Crippen molar-refractivity contribution in [1.29, 1.82) is 0 Å². The second kappa shape index (κ2) is 16.7. The molecule has 0 aromatic heterocycles. The lowest BCUT2D eigenvalue weighted by Crippen LogP contribution is -2.11. The Balaban J connectivity index is 1.23. The molecule has 50 heavy (non-hydrogen) atoms. The Kier molecular flexibility index (Phi) is 11.8. The van der Waals surface area contributed by atoms with Gasteiger partial charge in [0.05, 0.1) is 24.0 Å². The predicted octanol–water partition coefficient (Wildman–Crippen LogP) is 8.71. The molecule has 5 rings (SSSR count). The molecular weight excluding hydrogens is 636 g/mol. The van der Waals surface area contributed by atoms with Crippen molar-refractivity contribution < 1.29 is 42.9 Å². The average Bonchev–Trinajstić information content (AvgIpc) is 3.12. The molecule has 0 saturated carbocycles. The molecule has 5 aromatic carbocycles. The summed E-state index contributed by atoms with van der Waals surface area (Å²) in [6, 6.07) is 26.0. The lowest BCUT2D eigenvalue weighted by Gasteiger charge is -2.13. The van der Waals surface area contributed by atoms with Crippen molar-refractivity contribution in [2.24, 2.45) is 0 Å². The number of hydrogen-bond acceptors (Lipinski definition) is 9. The number of ether oxygens (including phenoxy) is 5. The van der Waals surface area contributed by atoms with E-state index in [9.17, 15) is 19.2 Å². The minimum absolute atomic E-state index is 0.286. The molecule has 0 N–H and O–H groups in total. The zero-order valence-electron chi connectivity index (χ0n) is 27.6. The first kappa shape index (κ1) is 35.1. The largest absolute Gasteiger partial charge is 0.494 e. The Morgan fingerprint density at radius 3 is 2.00 bits per heavy atom. The van der Waals surface area contributed by atoms with Gasteiger partial charge in [-0.25, -0.2) is 14.4 Å². The zero-order valence-corrected chi connectivity index (χ0v) is 27.6. The fourth-order valence-electron chi connectivity index (χ4n) is 5.22. The van der Waals surface area contributed by atoms with Crippen LogP contribution in [0.15, 0.2) is 116 Å². The summed E-state index contributed by atoms with van der Waals surface area (Å²) < 4.78 is 27.1. The van der Waals surface area contributed by atoms with E-state index >= 15 is 0 Å². The maximum atomic E-state index is 13.2. The highest BCUT2D eigenvalue weighted by Crippen LogP contribution is 2.30. The monoisotopic (exact) mass is 672 g/mol. The van der Waals surface area contributed by atoms with Crippen molar-refractivity contribution >= 4 is 45.4 Å². The van der Waals surface area contributed by atoms with E-state index in [1.54, 1.807) is 36.4 Å². The van der Waals surface area contributed by atoms with Crippen molar-refractivity contribution in [1.82, 2.24) is 0 Å². The SMILES string of the molecule is C=COC(=O)CCCCOc1ccc2cc(OC(=O)c3ccc4cc(OC(=O)c5ccc(OC(=O)C=C)cc5)c(CCC)cc4c3)ccc2c1. The summed E-state index contributed by atoms with van der Waals surface area (Å²) in [5.74, 6) is -0.136. The van der Waals surface area contributed by atoms with E-state index in [-0.39, 0.29) is 11.7 Å². The van der Waals surface area contributed by atoms with E-state index in [0.29, 0.717) is 60.7 Å². The van der Waals surface area contributed by atoms with Crippen LogP contribution in [0.3, 0.4) is 0 Å². The number of carbonyl (C=O) groups excluding carboxylic acids is 4. The lowest BCUT2D eigenvalue weighted by molar-refractivity contribution is -0.138. The Labute approximate surface area is 289 Å². The highest BCUT2D eigenvalue weighted by Gasteiger charge is 2.16. The van der Waals surface area contributed by atoms with E-state index in [1.165, 1.54) is 24.3 Å². The van der Waals surface area contributed by atoms with Gasteiger partial charge in [0.25, 0.3) is 0 Å². The van der Waals surface area contributed by atoms with Gasteiger partial charge in [-0.15, -0.1) is 0 Å². The van der Waals surface area contributed by atoms with Crippen LogP contribution in [-0.2, 0) is 20.7 Å². The van der Waals surface area contributed by atoms with Gasteiger partial charge in [-0.3, -0.25) is 4.79 Å². The van der Waals surface area contributed by atoms with E-state index in [2.05, 4.69) is 13.2 Å². The summed E-state index contributed by atoms with van der Waals surface area (Å²) in [5.41, 5.74) is 1.49. The summed E-state index contributed by atoms with van der Waals surface area (Å²) in [6.45, 7) is 9.23. The van der Waals surface area contributed by atoms with Gasteiger partial charge in [0.15, 0.2) is 0 Å². The van der Waals surface area contributed by atoms with Crippen LogP contribution in [0, 0.1) is 0 Å². The van der Waals surface area contributed by atoms with Gasteiger partial charge in [-0.05, 0) is 119 Å². The first-order valence-electron chi connectivity index (χ1n) is 16.2. The number of carbonyl (C=O) groups is 4. The molecule has 0 fully saturated rings. The third-order valence-electron chi connectivity index (χ3n) is 7.70. The van der Waals surface area contributed by atoms with Crippen LogP contribution in [0.25, 0.3) is 21.5 Å². The number of unbranched alkanes of at least 4 members (excludes halogenated alkanes) is 1. The molecule has 0 unspecified atom stereocenters. The van der Waals surface area contributed by atoms with E-state index in [0.717, 1.165) is 45.9 Å². The smallest absolute Gasteiger partial charge is 0.343 e. The standard InChI is InChI=1S/C41H36O9/c1-4-9-31-22-33-23-32(12-11-30(33)26-37(31)50-40(44)27-13-17-34(18-14-27)48-38(42)5-2)41(45)49-36-20-16-28-24-35(19-15-29(28)25-36)47-21-8-7-10-39(43)46-6-3/h5-6,11-20,22-26H,2-4,7-10,21H2,1H3. The molecule has 254 valence electrons. The molecule has 0 bridgehead atoms. The van der Waals surface area contributed by atoms with Crippen LogP contribution in [0.4, 0.5) is 0 Å². The van der Waals surface area contributed by atoms with Crippen LogP contribution in [0.5, 0.6) is 23.0 Å². The molecule has 0 amide bonds. The molecule has 0 heterocycles. The van der Waals surface area contributed by atoms with Crippen LogP contribution >= 0.6 is 0 Å². The molecular formula is C41H36O9. The number of hydrogen-bond donors (Lipinski definition) is 0. The fraction of sp³-hybridized carbons (Fsp3) is 0.171. The van der Waals surface area contributed by atoms with Crippen molar-refractivity contribution in [3.63, 3.8) is 0 Å². The molecule has 0 saturated heterocycles. The van der Waals surface area contributed by atoms with Gasteiger partial charge in [-0.1, -0.05) is 44.7 Å². The first-order chi connectivity index (χ1) is 24.3. The summed E-state index contributed by atoms with van der Waals surface area (Å²) in [5, 5.41) is 3.40. The third kappa shape index (κ3) is 9.23. The Morgan fingerprint density at radius 1 is 0.640 bits per heavy atom. The Morgan fingerprint density at radius 2 is 1.28 bits per heavy atom. The van der Waals surface area contributed by atoms with Gasteiger partial charge >= 0.3 is 23.9 Å². The van der Waals surface area contributed by atoms with Gasteiger partial charge in [0.2, 0.25) is 0 Å². The predicted molar refractivity (Wildman–Crippen MR) is 190 cm³/mol. The van der Waals surface area contributed by atoms with Gasteiger partial charge in [0.1, 0.15) is 23.0 Å². The first-order valence-corrected chi connectivity index (χ1v) is 16.2. The minimum atomic E-state index is -0.595. The fourth-order valence-corrected chi connectivity index (χ4v) is 5.22. The van der Waals surface area contributed by atoms with Gasteiger partial charge < -0.3 is 23.7 Å².